The van der Waals surface area contributed by atoms with Gasteiger partial charge in [-0.2, -0.15) is 0 Å². The minimum absolute atomic E-state index is 0.287. The first kappa shape index (κ1) is 22.0. The lowest BCUT2D eigenvalue weighted by Gasteiger charge is -1.95. The SMILES string of the molecule is CC(=O)CC(C)C.CC(=O)OC(C)=O.CC(C)N. The maximum Gasteiger partial charge on any atom is 0.310 e. The predicted molar refractivity (Wildman–Crippen MR) is 71.9 cm³/mol. The number of hydrogen-bond donors (Lipinski definition) is 1. The van der Waals surface area contributed by atoms with E-state index in [1.54, 1.807) is 6.92 Å². The van der Waals surface area contributed by atoms with Crippen molar-refractivity contribution in [3.8, 4) is 0 Å². The second-order valence-electron chi connectivity index (χ2n) is 4.63. The number of ether oxygens (including phenoxy) is 1. The Kier molecular flexibility index (Phi) is 16.9. The molecule has 0 atom stereocenters. The van der Waals surface area contributed by atoms with Crippen LogP contribution < -0.4 is 5.73 Å². The highest BCUT2D eigenvalue weighted by Crippen LogP contribution is 1.97. The van der Waals surface area contributed by atoms with Gasteiger partial charge in [0.2, 0.25) is 0 Å². The van der Waals surface area contributed by atoms with Gasteiger partial charge in [0.25, 0.3) is 0 Å². The molecule has 0 heterocycles. The van der Waals surface area contributed by atoms with Crippen LogP contribution in [-0.2, 0) is 19.1 Å². The van der Waals surface area contributed by atoms with Crippen LogP contribution in [0.5, 0.6) is 0 Å². The minimum atomic E-state index is -0.562. The third kappa shape index (κ3) is 61.1. The van der Waals surface area contributed by atoms with E-state index in [2.05, 4.69) is 4.74 Å². The smallest absolute Gasteiger partial charge is 0.310 e. The van der Waals surface area contributed by atoms with Crippen LogP contribution in [-0.4, -0.2) is 23.8 Å². The minimum Gasteiger partial charge on any atom is -0.394 e. The molecule has 5 heteroatoms. The Hall–Kier alpha value is -1.23. The zero-order valence-corrected chi connectivity index (χ0v) is 12.6. The van der Waals surface area contributed by atoms with Gasteiger partial charge in [-0.3, -0.25) is 9.59 Å². The number of rotatable bonds is 2. The molecule has 0 rings (SSSR count). The Morgan fingerprint density at radius 3 is 1.22 bits per heavy atom. The molecule has 108 valence electrons. The van der Waals surface area contributed by atoms with E-state index in [-0.39, 0.29) is 5.78 Å². The van der Waals surface area contributed by atoms with Crippen LogP contribution in [0.15, 0.2) is 0 Å². The number of Topliss-reactive ketones (excluding diaryl/α,β-unsaturated/α-hetero) is 1. The normalized spacial score (nSPS) is 8.78. The van der Waals surface area contributed by atoms with Gasteiger partial charge in [0.05, 0.1) is 0 Å². The van der Waals surface area contributed by atoms with Gasteiger partial charge in [-0.05, 0) is 18.9 Å². The maximum absolute atomic E-state index is 10.3. The second-order valence-corrected chi connectivity index (χ2v) is 4.63. The van der Waals surface area contributed by atoms with Crippen molar-refractivity contribution in [2.75, 3.05) is 0 Å². The van der Waals surface area contributed by atoms with E-state index >= 15 is 0 Å². The molecule has 0 spiro atoms. The number of esters is 2. The molecule has 0 aliphatic heterocycles. The van der Waals surface area contributed by atoms with Crippen molar-refractivity contribution in [2.24, 2.45) is 11.7 Å². The third-order valence-electron chi connectivity index (χ3n) is 0.983. The molecule has 0 aliphatic carbocycles. The molecular weight excluding hydrogens is 234 g/mol. The summed E-state index contributed by atoms with van der Waals surface area (Å²) in [5.41, 5.74) is 5.11. The molecule has 0 unspecified atom stereocenters. The standard InChI is InChI=1S/C6H12O.C4H6O3.C3H9N/c1-5(2)4-6(3)7;1-3(5)7-4(2)6;1-3(2)4/h5H,4H2,1-3H3;1-2H3;3H,4H2,1-2H3. The van der Waals surface area contributed by atoms with Crippen molar-refractivity contribution >= 4 is 17.7 Å². The lowest BCUT2D eigenvalue weighted by molar-refractivity contribution is -0.156. The molecule has 0 saturated carbocycles. The second kappa shape index (κ2) is 13.8. The van der Waals surface area contributed by atoms with Crippen molar-refractivity contribution < 1.29 is 19.1 Å². The highest BCUT2D eigenvalue weighted by atomic mass is 16.6. The largest absolute Gasteiger partial charge is 0.394 e. The molecule has 0 aromatic heterocycles. The predicted octanol–water partition coefficient (Wildman–Crippen LogP) is 2.07. The van der Waals surface area contributed by atoms with E-state index in [9.17, 15) is 14.4 Å². The van der Waals surface area contributed by atoms with Crippen LogP contribution in [0.3, 0.4) is 0 Å². The summed E-state index contributed by atoms with van der Waals surface area (Å²) < 4.78 is 3.97. The molecule has 0 radical (unpaired) electrons. The van der Waals surface area contributed by atoms with E-state index < -0.39 is 11.9 Å². The summed E-state index contributed by atoms with van der Waals surface area (Å²) in [4.78, 5) is 29.9. The summed E-state index contributed by atoms with van der Waals surface area (Å²) in [6, 6.07) is 0.333. The summed E-state index contributed by atoms with van der Waals surface area (Å²) in [6.45, 7) is 12.0. The molecule has 0 aromatic rings. The Balaban J connectivity index is -0.000000196. The van der Waals surface area contributed by atoms with Crippen molar-refractivity contribution in [1.29, 1.82) is 0 Å². The van der Waals surface area contributed by atoms with Crippen LogP contribution in [0.4, 0.5) is 0 Å². The first-order chi connectivity index (χ1) is 7.98. The van der Waals surface area contributed by atoms with E-state index in [0.29, 0.717) is 12.0 Å². The van der Waals surface area contributed by atoms with Crippen LogP contribution in [0.2, 0.25) is 0 Å². The van der Waals surface area contributed by atoms with E-state index in [0.717, 1.165) is 6.42 Å². The van der Waals surface area contributed by atoms with E-state index in [1.807, 2.05) is 27.7 Å². The van der Waals surface area contributed by atoms with Crippen LogP contribution in [0.1, 0.15) is 54.9 Å². The number of hydrogen-bond acceptors (Lipinski definition) is 5. The first-order valence-corrected chi connectivity index (χ1v) is 5.93. The van der Waals surface area contributed by atoms with Gasteiger partial charge >= 0.3 is 11.9 Å². The fourth-order valence-electron chi connectivity index (χ4n) is 0.777. The molecule has 18 heavy (non-hydrogen) atoms. The summed E-state index contributed by atoms with van der Waals surface area (Å²) in [5.74, 6) is -0.312. The average Bonchev–Trinajstić information content (AvgIpc) is 1.96. The Labute approximate surface area is 110 Å². The van der Waals surface area contributed by atoms with Gasteiger partial charge in [-0.15, -0.1) is 0 Å². The van der Waals surface area contributed by atoms with Crippen molar-refractivity contribution in [1.82, 2.24) is 0 Å². The van der Waals surface area contributed by atoms with Gasteiger partial charge in [0.1, 0.15) is 5.78 Å². The van der Waals surface area contributed by atoms with Crippen LogP contribution in [0, 0.1) is 5.92 Å². The Bertz CT molecular complexity index is 233. The van der Waals surface area contributed by atoms with E-state index in [4.69, 9.17) is 5.73 Å². The van der Waals surface area contributed by atoms with Gasteiger partial charge in [-0.1, -0.05) is 27.7 Å². The van der Waals surface area contributed by atoms with Crippen LogP contribution in [0.25, 0.3) is 0 Å². The van der Waals surface area contributed by atoms with Gasteiger partial charge in [0, 0.05) is 20.3 Å². The first-order valence-electron chi connectivity index (χ1n) is 5.93. The maximum atomic E-state index is 10.3. The highest BCUT2D eigenvalue weighted by Gasteiger charge is 1.95. The van der Waals surface area contributed by atoms with Gasteiger partial charge in [-0.25, -0.2) is 0 Å². The molecule has 0 amide bonds. The highest BCUT2D eigenvalue weighted by molar-refractivity contribution is 5.82. The number of nitrogens with two attached hydrogens (primary N) is 1. The summed E-state index contributed by atoms with van der Waals surface area (Å²) in [5, 5.41) is 0. The molecule has 2 N–H and O–H groups in total. The molecular formula is C13H27NO4. The fourth-order valence-corrected chi connectivity index (χ4v) is 0.777. The van der Waals surface area contributed by atoms with Crippen molar-refractivity contribution in [3.05, 3.63) is 0 Å². The Morgan fingerprint density at radius 2 is 1.22 bits per heavy atom. The monoisotopic (exact) mass is 261 g/mol. The number of carbonyl (C=O) groups is 3. The molecule has 0 aromatic carbocycles. The summed E-state index contributed by atoms with van der Waals surface area (Å²) >= 11 is 0. The molecule has 5 nitrogen and oxygen atoms in total. The topological polar surface area (TPSA) is 86.5 Å². The average molecular weight is 261 g/mol. The molecule has 0 fully saturated rings. The number of carbonyl (C=O) groups excluding carboxylic acids is 3. The van der Waals surface area contributed by atoms with Gasteiger partial charge in [0.15, 0.2) is 0 Å². The van der Waals surface area contributed by atoms with Gasteiger partial charge < -0.3 is 15.3 Å². The molecule has 0 bridgehead atoms. The lowest BCUT2D eigenvalue weighted by Crippen LogP contribution is -2.06. The molecule has 0 aliphatic rings. The van der Waals surface area contributed by atoms with Crippen molar-refractivity contribution in [3.63, 3.8) is 0 Å². The fraction of sp³-hybridized carbons (Fsp3) is 0.769. The third-order valence-corrected chi connectivity index (χ3v) is 0.983. The quantitative estimate of drug-likeness (QED) is 0.607. The van der Waals surface area contributed by atoms with E-state index in [1.165, 1.54) is 13.8 Å². The lowest BCUT2D eigenvalue weighted by atomic mass is 10.1. The summed E-state index contributed by atoms with van der Waals surface area (Å²) in [7, 11) is 0. The zero-order chi connectivity index (χ0) is 15.3. The molecule has 0 saturated heterocycles. The zero-order valence-electron chi connectivity index (χ0n) is 12.6. The van der Waals surface area contributed by atoms with Crippen molar-refractivity contribution in [2.45, 2.75) is 60.9 Å². The Morgan fingerprint density at radius 1 is 0.944 bits per heavy atom. The number of ketones is 1. The summed E-state index contributed by atoms with van der Waals surface area (Å²) in [6.07, 6.45) is 0.722. The van der Waals surface area contributed by atoms with Crippen LogP contribution >= 0.6 is 0 Å².